The van der Waals surface area contributed by atoms with E-state index in [2.05, 4.69) is 37.4 Å². The minimum absolute atomic E-state index is 0.440. The molecule has 1 aromatic carbocycles. The lowest BCUT2D eigenvalue weighted by molar-refractivity contribution is -0.915. The fraction of sp³-hybridized carbons (Fsp3) is 0.714. The maximum absolute atomic E-state index is 11.7. The van der Waals surface area contributed by atoms with Crippen molar-refractivity contribution in [2.75, 3.05) is 26.7 Å². The van der Waals surface area contributed by atoms with E-state index in [0.29, 0.717) is 5.92 Å². The molecule has 0 spiro atoms. The van der Waals surface area contributed by atoms with Gasteiger partial charge in [-0.2, -0.15) is 0 Å². The van der Waals surface area contributed by atoms with E-state index >= 15 is 0 Å². The van der Waals surface area contributed by atoms with Gasteiger partial charge in [-0.3, -0.25) is 0 Å². The molecule has 1 saturated carbocycles. The fourth-order valence-corrected chi connectivity index (χ4v) is 4.83. The Kier molecular flexibility index (Phi) is 5.43. The number of rotatable bonds is 5. The summed E-state index contributed by atoms with van der Waals surface area (Å²) in [6.45, 7) is 3.69. The maximum Gasteiger partial charge on any atom is 0.0978 e. The normalized spacial score (nSPS) is 25.0. The van der Waals surface area contributed by atoms with Crippen LogP contribution in [-0.2, 0) is 5.60 Å². The smallest absolute Gasteiger partial charge is 0.0978 e. The summed E-state index contributed by atoms with van der Waals surface area (Å²) in [5.74, 6) is 0.440. The van der Waals surface area contributed by atoms with Crippen LogP contribution in [0, 0.1) is 5.92 Å². The van der Waals surface area contributed by atoms with Crippen LogP contribution in [0.5, 0.6) is 0 Å². The third-order valence-corrected chi connectivity index (χ3v) is 6.48. The third kappa shape index (κ3) is 3.97. The van der Waals surface area contributed by atoms with Gasteiger partial charge in [0.25, 0.3) is 0 Å². The van der Waals surface area contributed by atoms with Gasteiger partial charge in [0.05, 0.1) is 32.3 Å². The molecule has 0 radical (unpaired) electrons. The number of quaternary nitrogens is 1. The lowest BCUT2D eigenvalue weighted by Crippen LogP contribution is -2.51. The highest BCUT2D eigenvalue weighted by Crippen LogP contribution is 2.42. The molecule has 2 fully saturated rings. The SMILES string of the molecule is C[N+]1(CC[C@](O)(c2ccccc2)C2CCCCC2)CCCCC1. The number of hydrogen-bond donors (Lipinski definition) is 1. The van der Waals surface area contributed by atoms with Crippen molar-refractivity contribution in [3.63, 3.8) is 0 Å². The zero-order valence-electron chi connectivity index (χ0n) is 14.8. The van der Waals surface area contributed by atoms with Crippen LogP contribution >= 0.6 is 0 Å². The number of hydrogen-bond acceptors (Lipinski definition) is 1. The number of nitrogens with zero attached hydrogens (tertiary/aromatic N) is 1. The Hall–Kier alpha value is -0.860. The topological polar surface area (TPSA) is 20.2 Å². The molecule has 1 N–H and O–H groups in total. The van der Waals surface area contributed by atoms with Crippen molar-refractivity contribution in [2.24, 2.45) is 5.92 Å². The van der Waals surface area contributed by atoms with Gasteiger partial charge < -0.3 is 9.59 Å². The number of piperidine rings is 1. The highest BCUT2D eigenvalue weighted by atomic mass is 16.3. The zero-order valence-corrected chi connectivity index (χ0v) is 14.8. The van der Waals surface area contributed by atoms with Crippen molar-refractivity contribution in [1.82, 2.24) is 0 Å². The molecule has 2 nitrogen and oxygen atoms in total. The number of benzene rings is 1. The highest BCUT2D eigenvalue weighted by molar-refractivity contribution is 5.23. The van der Waals surface area contributed by atoms with Crippen molar-refractivity contribution >= 4 is 0 Å². The standard InChI is InChI=1S/C21H34NO/c1-22(16-9-4-10-17-22)18-15-21(23,19-11-5-2-6-12-19)20-13-7-3-8-14-20/h2,5-6,11-12,20,23H,3-4,7-10,13-18H2,1H3/q+1/t21-/m0/s1. The number of likely N-dealkylation sites (tertiary alicyclic amines) is 1. The monoisotopic (exact) mass is 316 g/mol. The molecule has 1 aliphatic carbocycles. The van der Waals surface area contributed by atoms with Crippen molar-refractivity contribution in [3.05, 3.63) is 35.9 Å². The predicted octanol–water partition coefficient (Wildman–Crippen LogP) is 4.48. The van der Waals surface area contributed by atoms with Gasteiger partial charge in [0, 0.05) is 6.42 Å². The molecule has 128 valence electrons. The Morgan fingerprint density at radius 2 is 1.57 bits per heavy atom. The Labute approximate surface area is 142 Å². The molecule has 0 aromatic heterocycles. The quantitative estimate of drug-likeness (QED) is 0.794. The summed E-state index contributed by atoms with van der Waals surface area (Å²) in [5, 5.41) is 11.7. The van der Waals surface area contributed by atoms with E-state index in [1.807, 2.05) is 0 Å². The first-order valence-electron chi connectivity index (χ1n) is 9.74. The Morgan fingerprint density at radius 1 is 0.957 bits per heavy atom. The van der Waals surface area contributed by atoms with E-state index in [-0.39, 0.29) is 0 Å². The average Bonchev–Trinajstić information content (AvgIpc) is 2.62. The number of aliphatic hydroxyl groups is 1. The van der Waals surface area contributed by atoms with Gasteiger partial charge in [0.15, 0.2) is 0 Å². The van der Waals surface area contributed by atoms with Crippen LogP contribution in [0.1, 0.15) is 63.4 Å². The van der Waals surface area contributed by atoms with Crippen LogP contribution in [0.4, 0.5) is 0 Å². The second-order valence-electron chi connectivity index (χ2n) is 8.23. The molecule has 1 heterocycles. The summed E-state index contributed by atoms with van der Waals surface area (Å²) in [6, 6.07) is 10.5. The van der Waals surface area contributed by atoms with Crippen LogP contribution < -0.4 is 0 Å². The molecule has 23 heavy (non-hydrogen) atoms. The largest absolute Gasteiger partial charge is 0.385 e. The van der Waals surface area contributed by atoms with Crippen molar-refractivity contribution in [1.29, 1.82) is 0 Å². The van der Waals surface area contributed by atoms with E-state index < -0.39 is 5.60 Å². The molecule has 1 saturated heterocycles. The summed E-state index contributed by atoms with van der Waals surface area (Å²) < 4.78 is 1.15. The average molecular weight is 317 g/mol. The summed E-state index contributed by atoms with van der Waals surface area (Å²) in [6.07, 6.45) is 11.3. The van der Waals surface area contributed by atoms with Crippen LogP contribution in [0.25, 0.3) is 0 Å². The minimum Gasteiger partial charge on any atom is -0.385 e. The lowest BCUT2D eigenvalue weighted by atomic mass is 9.71. The molecule has 3 rings (SSSR count). The van der Waals surface area contributed by atoms with Crippen molar-refractivity contribution < 1.29 is 9.59 Å². The van der Waals surface area contributed by atoms with Gasteiger partial charge in [-0.15, -0.1) is 0 Å². The highest BCUT2D eigenvalue weighted by Gasteiger charge is 2.41. The van der Waals surface area contributed by atoms with E-state index in [1.165, 1.54) is 64.5 Å². The van der Waals surface area contributed by atoms with E-state index in [9.17, 15) is 5.11 Å². The maximum atomic E-state index is 11.7. The van der Waals surface area contributed by atoms with Gasteiger partial charge in [-0.1, -0.05) is 49.6 Å². The van der Waals surface area contributed by atoms with E-state index in [1.54, 1.807) is 0 Å². The predicted molar refractivity (Wildman–Crippen MR) is 96.2 cm³/mol. The first-order chi connectivity index (χ1) is 11.1. The second-order valence-corrected chi connectivity index (χ2v) is 8.23. The van der Waals surface area contributed by atoms with Crippen LogP contribution in [0.3, 0.4) is 0 Å². The molecule has 0 unspecified atom stereocenters. The van der Waals surface area contributed by atoms with Crippen molar-refractivity contribution in [2.45, 2.75) is 63.4 Å². The molecule has 1 atom stereocenters. The first kappa shape index (κ1) is 17.0. The van der Waals surface area contributed by atoms with Gasteiger partial charge in [-0.25, -0.2) is 0 Å². The molecular weight excluding hydrogens is 282 g/mol. The Morgan fingerprint density at radius 3 is 2.22 bits per heavy atom. The Balaban J connectivity index is 1.77. The molecule has 0 amide bonds. The molecule has 0 bridgehead atoms. The Bertz CT molecular complexity index is 474. The van der Waals surface area contributed by atoms with Crippen LogP contribution in [-0.4, -0.2) is 36.3 Å². The van der Waals surface area contributed by atoms with Crippen molar-refractivity contribution in [3.8, 4) is 0 Å². The minimum atomic E-state index is -0.625. The molecular formula is C21H34NO+. The van der Waals surface area contributed by atoms with Gasteiger partial charge in [0.1, 0.15) is 0 Å². The van der Waals surface area contributed by atoms with Crippen LogP contribution in [0.2, 0.25) is 0 Å². The molecule has 1 aliphatic heterocycles. The van der Waals surface area contributed by atoms with Crippen LogP contribution in [0.15, 0.2) is 30.3 Å². The summed E-state index contributed by atoms with van der Waals surface area (Å²) in [5.41, 5.74) is 0.524. The van der Waals surface area contributed by atoms with Gasteiger partial charge in [0.2, 0.25) is 0 Å². The first-order valence-corrected chi connectivity index (χ1v) is 9.74. The second kappa shape index (κ2) is 7.36. The van der Waals surface area contributed by atoms with E-state index in [4.69, 9.17) is 0 Å². The third-order valence-electron chi connectivity index (χ3n) is 6.48. The summed E-state index contributed by atoms with van der Waals surface area (Å²) in [4.78, 5) is 0. The molecule has 1 aromatic rings. The van der Waals surface area contributed by atoms with E-state index in [0.717, 1.165) is 23.0 Å². The van der Waals surface area contributed by atoms with Gasteiger partial charge in [-0.05, 0) is 43.6 Å². The van der Waals surface area contributed by atoms with Gasteiger partial charge >= 0.3 is 0 Å². The fourth-order valence-electron chi connectivity index (χ4n) is 4.83. The lowest BCUT2D eigenvalue weighted by Gasteiger charge is -2.43. The molecule has 2 heteroatoms. The zero-order chi connectivity index (χ0) is 16.2. The summed E-state index contributed by atoms with van der Waals surface area (Å²) >= 11 is 0. The molecule has 2 aliphatic rings. The summed E-state index contributed by atoms with van der Waals surface area (Å²) in [7, 11) is 2.39.